The Hall–Kier alpha value is -1.92. The van der Waals surface area contributed by atoms with Crippen LogP contribution in [0.4, 0.5) is 0 Å². The van der Waals surface area contributed by atoms with E-state index in [2.05, 4.69) is 41.5 Å². The monoisotopic (exact) mass is 373 g/mol. The number of likely N-dealkylation sites (tertiary alicyclic amines) is 1. The van der Waals surface area contributed by atoms with Crippen molar-refractivity contribution in [2.24, 2.45) is 5.92 Å². The minimum Gasteiger partial charge on any atom is -0.466 e. The summed E-state index contributed by atoms with van der Waals surface area (Å²) in [5, 5.41) is 0. The van der Waals surface area contributed by atoms with Crippen molar-refractivity contribution in [3.05, 3.63) is 46.5 Å². The number of carbonyl (C=O) groups excluding carboxylic acids is 1. The molecule has 1 aromatic heterocycles. The van der Waals surface area contributed by atoms with E-state index in [1.54, 1.807) is 0 Å². The summed E-state index contributed by atoms with van der Waals surface area (Å²) in [6.07, 6.45) is 5.76. The van der Waals surface area contributed by atoms with Crippen molar-refractivity contribution < 1.29 is 9.53 Å². The lowest BCUT2D eigenvalue weighted by Crippen LogP contribution is -2.37. The molecule has 0 radical (unpaired) electrons. The van der Waals surface area contributed by atoms with E-state index in [1.807, 2.05) is 23.9 Å². The number of rotatable bonds is 5. The zero-order valence-corrected chi connectivity index (χ0v) is 16.6. The zero-order chi connectivity index (χ0) is 18.7. The van der Waals surface area contributed by atoms with Crippen LogP contribution in [-0.4, -0.2) is 39.7 Å². The number of hydrogen-bond donors (Lipinski definition) is 0. The molecule has 2 heterocycles. The first-order chi connectivity index (χ1) is 12.5. The van der Waals surface area contributed by atoms with Crippen LogP contribution >= 0.6 is 12.2 Å². The molecule has 1 aromatic carbocycles. The van der Waals surface area contributed by atoms with Crippen molar-refractivity contribution >= 4 is 18.2 Å². The maximum Gasteiger partial charge on any atom is 0.309 e. The van der Waals surface area contributed by atoms with Crippen molar-refractivity contribution in [3.8, 4) is 5.69 Å². The molecule has 2 aromatic rings. The number of piperidine rings is 1. The average molecular weight is 374 g/mol. The van der Waals surface area contributed by atoms with Crippen molar-refractivity contribution in [3.63, 3.8) is 0 Å². The van der Waals surface area contributed by atoms with Gasteiger partial charge in [0.05, 0.1) is 19.2 Å². The summed E-state index contributed by atoms with van der Waals surface area (Å²) in [6, 6.07) is 6.40. The Morgan fingerprint density at radius 2 is 1.92 bits per heavy atom. The molecule has 0 amide bonds. The van der Waals surface area contributed by atoms with E-state index in [0.29, 0.717) is 6.61 Å². The van der Waals surface area contributed by atoms with Gasteiger partial charge in [-0.2, -0.15) is 0 Å². The second kappa shape index (κ2) is 8.18. The predicted molar refractivity (Wildman–Crippen MR) is 105 cm³/mol. The smallest absolute Gasteiger partial charge is 0.309 e. The molecule has 0 aliphatic carbocycles. The van der Waals surface area contributed by atoms with E-state index in [0.717, 1.165) is 43.1 Å². The number of benzene rings is 1. The third-order valence-electron chi connectivity index (χ3n) is 5.18. The summed E-state index contributed by atoms with van der Waals surface area (Å²) in [7, 11) is 0. The van der Waals surface area contributed by atoms with Gasteiger partial charge in [-0.05, 0) is 69.1 Å². The number of nitrogens with zero attached hydrogens (tertiary/aromatic N) is 3. The van der Waals surface area contributed by atoms with E-state index in [4.69, 9.17) is 17.0 Å². The first kappa shape index (κ1) is 18.9. The number of esters is 1. The maximum atomic E-state index is 11.9. The van der Waals surface area contributed by atoms with E-state index in [9.17, 15) is 4.79 Å². The van der Waals surface area contributed by atoms with Gasteiger partial charge in [-0.3, -0.25) is 14.3 Å². The fourth-order valence-corrected chi connectivity index (χ4v) is 3.66. The highest BCUT2D eigenvalue weighted by Gasteiger charge is 2.26. The van der Waals surface area contributed by atoms with Crippen LogP contribution < -0.4 is 0 Å². The highest BCUT2D eigenvalue weighted by atomic mass is 32.1. The van der Waals surface area contributed by atoms with E-state index in [1.165, 1.54) is 11.1 Å². The Labute approximate surface area is 160 Å². The Kier molecular flexibility index (Phi) is 5.94. The largest absolute Gasteiger partial charge is 0.466 e. The fraction of sp³-hybridized carbons (Fsp3) is 0.500. The van der Waals surface area contributed by atoms with E-state index in [-0.39, 0.29) is 11.9 Å². The number of aryl methyl sites for hydroxylation is 2. The van der Waals surface area contributed by atoms with Gasteiger partial charge in [0.25, 0.3) is 0 Å². The summed E-state index contributed by atoms with van der Waals surface area (Å²) in [4.78, 5) is 14.2. The topological polar surface area (TPSA) is 39.4 Å². The van der Waals surface area contributed by atoms with Crippen LogP contribution in [0.3, 0.4) is 0 Å². The van der Waals surface area contributed by atoms with E-state index >= 15 is 0 Å². The SMILES string of the molecule is CCOC(=O)C1CCN(Cn2ccn(-c3ccc(C)c(C)c3)c2=S)CC1. The number of carbonyl (C=O) groups is 1. The Balaban J connectivity index is 1.65. The van der Waals surface area contributed by atoms with Gasteiger partial charge in [0, 0.05) is 31.2 Å². The lowest BCUT2D eigenvalue weighted by Gasteiger charge is -2.30. The molecular weight excluding hydrogens is 346 g/mol. The van der Waals surface area contributed by atoms with Gasteiger partial charge in [-0.1, -0.05) is 6.07 Å². The first-order valence-electron chi connectivity index (χ1n) is 9.24. The van der Waals surface area contributed by atoms with Crippen LogP contribution in [0, 0.1) is 24.5 Å². The van der Waals surface area contributed by atoms with Crippen LogP contribution in [-0.2, 0) is 16.2 Å². The molecule has 0 unspecified atom stereocenters. The standard InChI is InChI=1S/C20H27N3O2S/c1-4-25-19(24)17-7-9-21(10-8-17)14-22-11-12-23(20(22)26)18-6-5-15(2)16(3)13-18/h5-6,11-13,17H,4,7-10,14H2,1-3H3. The van der Waals surface area contributed by atoms with Gasteiger partial charge in [-0.25, -0.2) is 0 Å². The number of imidazole rings is 1. The molecule has 0 atom stereocenters. The lowest BCUT2D eigenvalue weighted by molar-refractivity contribution is -0.149. The molecule has 26 heavy (non-hydrogen) atoms. The normalized spacial score (nSPS) is 16.0. The number of hydrogen-bond acceptors (Lipinski definition) is 4. The summed E-state index contributed by atoms with van der Waals surface area (Å²) in [5.41, 5.74) is 3.64. The first-order valence-corrected chi connectivity index (χ1v) is 9.65. The summed E-state index contributed by atoms with van der Waals surface area (Å²) < 4.78 is 10.1. The number of aromatic nitrogens is 2. The Morgan fingerprint density at radius 3 is 2.58 bits per heavy atom. The average Bonchev–Trinajstić information content (AvgIpc) is 2.99. The summed E-state index contributed by atoms with van der Waals surface area (Å²) in [5.74, 6) is -0.0102. The summed E-state index contributed by atoms with van der Waals surface area (Å²) >= 11 is 5.68. The Morgan fingerprint density at radius 1 is 1.19 bits per heavy atom. The minimum atomic E-state index is -0.0512. The van der Waals surface area contributed by atoms with Gasteiger partial charge in [0.15, 0.2) is 4.77 Å². The highest BCUT2D eigenvalue weighted by molar-refractivity contribution is 7.71. The molecule has 0 saturated carbocycles. The second-order valence-corrected chi connectivity index (χ2v) is 7.34. The van der Waals surface area contributed by atoms with Gasteiger partial charge in [-0.15, -0.1) is 0 Å². The predicted octanol–water partition coefficient (Wildman–Crippen LogP) is 3.86. The molecule has 1 fully saturated rings. The van der Waals surface area contributed by atoms with Gasteiger partial charge < -0.3 is 9.30 Å². The maximum absolute atomic E-state index is 11.9. The van der Waals surface area contributed by atoms with Crippen LogP contribution in [0.2, 0.25) is 0 Å². The molecule has 0 bridgehead atoms. The molecule has 0 N–H and O–H groups in total. The molecule has 140 valence electrons. The highest BCUT2D eigenvalue weighted by Crippen LogP contribution is 2.20. The van der Waals surface area contributed by atoms with Crippen molar-refractivity contribution in [2.75, 3.05) is 19.7 Å². The van der Waals surface area contributed by atoms with E-state index < -0.39 is 0 Å². The van der Waals surface area contributed by atoms with Crippen LogP contribution in [0.1, 0.15) is 30.9 Å². The van der Waals surface area contributed by atoms with Gasteiger partial charge in [0.2, 0.25) is 0 Å². The third kappa shape index (κ3) is 4.07. The van der Waals surface area contributed by atoms with Crippen LogP contribution in [0.15, 0.2) is 30.6 Å². The third-order valence-corrected chi connectivity index (χ3v) is 5.61. The lowest BCUT2D eigenvalue weighted by atomic mass is 9.97. The van der Waals surface area contributed by atoms with Crippen LogP contribution in [0.5, 0.6) is 0 Å². The van der Waals surface area contributed by atoms with Crippen LogP contribution in [0.25, 0.3) is 5.69 Å². The Bertz CT molecular complexity index is 832. The number of ether oxygens (including phenoxy) is 1. The molecule has 0 spiro atoms. The summed E-state index contributed by atoms with van der Waals surface area (Å²) in [6.45, 7) is 9.08. The molecule has 1 aliphatic heterocycles. The molecule has 1 aliphatic rings. The zero-order valence-electron chi connectivity index (χ0n) is 15.8. The molecule has 5 nitrogen and oxygen atoms in total. The molecule has 1 saturated heterocycles. The van der Waals surface area contributed by atoms with Crippen molar-refractivity contribution in [1.29, 1.82) is 0 Å². The quantitative estimate of drug-likeness (QED) is 0.589. The fourth-order valence-electron chi connectivity index (χ4n) is 3.38. The second-order valence-electron chi connectivity index (χ2n) is 6.97. The van der Waals surface area contributed by atoms with Crippen molar-refractivity contribution in [1.82, 2.24) is 14.0 Å². The molecule has 3 rings (SSSR count). The molecular formula is C20H27N3O2S. The molecule has 6 heteroatoms. The van der Waals surface area contributed by atoms with Crippen molar-refractivity contribution in [2.45, 2.75) is 40.3 Å². The van der Waals surface area contributed by atoms with Gasteiger partial charge in [0.1, 0.15) is 0 Å². The van der Waals surface area contributed by atoms with Gasteiger partial charge >= 0.3 is 5.97 Å². The minimum absolute atomic E-state index is 0.0410.